The number of carbonyl (C=O) groups excluding carboxylic acids is 1. The van der Waals surface area contributed by atoms with Crippen LogP contribution in [0.5, 0.6) is 0 Å². The molecule has 2 atom stereocenters. The van der Waals surface area contributed by atoms with Gasteiger partial charge in [-0.05, 0) is 17.7 Å². The molecule has 0 radical (unpaired) electrons. The van der Waals surface area contributed by atoms with E-state index < -0.39 is 41.8 Å². The molecule has 19 heavy (non-hydrogen) atoms. The number of aliphatic hydroxyl groups excluding tert-OH is 2. The number of nitrogens with two attached hydrogens (primary N) is 1. The molecule has 0 saturated carbocycles. The second-order valence-corrected chi connectivity index (χ2v) is 4.83. The topological polar surface area (TPSA) is 83.6 Å². The summed E-state index contributed by atoms with van der Waals surface area (Å²) >= 11 is 2.90. The molecule has 0 bridgehead atoms. The number of rotatable bonds is 4. The third kappa shape index (κ3) is 4.19. The highest BCUT2D eigenvalue weighted by Crippen LogP contribution is 2.37. The summed E-state index contributed by atoms with van der Waals surface area (Å²) < 4.78 is 38.6. The minimum Gasteiger partial charge on any atom is -0.390 e. The van der Waals surface area contributed by atoms with Gasteiger partial charge in [0.15, 0.2) is 0 Å². The molecule has 0 aliphatic heterocycles. The molecule has 4 N–H and O–H groups in total. The lowest BCUT2D eigenvalue weighted by Crippen LogP contribution is -2.27. The summed E-state index contributed by atoms with van der Waals surface area (Å²) in [5.74, 6) is -0.919. The summed E-state index contributed by atoms with van der Waals surface area (Å²) in [6, 6.07) is 3.11. The van der Waals surface area contributed by atoms with E-state index in [1.807, 2.05) is 0 Å². The summed E-state index contributed by atoms with van der Waals surface area (Å²) in [5, 5.41) is 19.2. The number of carbonyl (C=O) groups is 1. The summed E-state index contributed by atoms with van der Waals surface area (Å²) in [6.45, 7) is 0. The van der Waals surface area contributed by atoms with E-state index in [1.54, 1.807) is 0 Å². The van der Waals surface area contributed by atoms with Crippen LogP contribution in [0.2, 0.25) is 0 Å². The van der Waals surface area contributed by atoms with Crippen LogP contribution < -0.4 is 5.73 Å². The molecule has 0 aliphatic carbocycles. The zero-order valence-corrected chi connectivity index (χ0v) is 11.1. The molecule has 8 heteroatoms. The van der Waals surface area contributed by atoms with Gasteiger partial charge in [-0.1, -0.05) is 22.0 Å². The Balaban J connectivity index is 3.16. The highest BCUT2D eigenvalue weighted by atomic mass is 79.9. The first kappa shape index (κ1) is 15.9. The van der Waals surface area contributed by atoms with Crippen molar-refractivity contribution in [1.82, 2.24) is 0 Å². The Morgan fingerprint density at radius 1 is 1.37 bits per heavy atom. The number of hydrogen-bond donors (Lipinski definition) is 3. The first-order chi connectivity index (χ1) is 8.62. The van der Waals surface area contributed by atoms with Crippen LogP contribution in [-0.2, 0) is 11.0 Å². The lowest BCUT2D eigenvalue weighted by molar-refractivity contribution is -0.140. The predicted molar refractivity (Wildman–Crippen MR) is 63.9 cm³/mol. The van der Waals surface area contributed by atoms with E-state index >= 15 is 0 Å². The number of alkyl halides is 3. The van der Waals surface area contributed by atoms with Gasteiger partial charge >= 0.3 is 6.18 Å². The summed E-state index contributed by atoms with van der Waals surface area (Å²) in [5.41, 5.74) is 3.22. The van der Waals surface area contributed by atoms with Crippen molar-refractivity contribution in [2.24, 2.45) is 5.73 Å². The molecule has 1 aromatic carbocycles. The first-order valence-electron chi connectivity index (χ1n) is 5.14. The number of halogens is 4. The summed E-state index contributed by atoms with van der Waals surface area (Å²) in [7, 11) is 0. The molecular formula is C11H11BrF3NO3. The van der Waals surface area contributed by atoms with Crippen LogP contribution in [0.15, 0.2) is 22.7 Å². The maximum Gasteiger partial charge on any atom is 0.416 e. The quantitative estimate of drug-likeness (QED) is 0.779. The molecule has 4 nitrogen and oxygen atoms in total. The van der Waals surface area contributed by atoms with Crippen LogP contribution in [0.4, 0.5) is 13.2 Å². The van der Waals surface area contributed by atoms with Crippen LogP contribution in [0, 0.1) is 0 Å². The number of aliphatic hydroxyl groups is 2. The van der Waals surface area contributed by atoms with Gasteiger partial charge in [-0.2, -0.15) is 13.2 Å². The standard InChI is InChI=1S/C11H11BrF3NO3/c12-5-1-2-6(7(3-5)11(13,14)15)10(19)8(17)4-9(16)18/h1-3,8,10,17,19H,4H2,(H2,16,18). The molecule has 1 amide bonds. The van der Waals surface area contributed by atoms with Crippen molar-refractivity contribution in [1.29, 1.82) is 0 Å². The van der Waals surface area contributed by atoms with Crippen molar-refractivity contribution in [2.75, 3.05) is 0 Å². The van der Waals surface area contributed by atoms with Crippen LogP contribution >= 0.6 is 15.9 Å². The summed E-state index contributed by atoms with van der Waals surface area (Å²) in [6.07, 6.45) is -8.86. The largest absolute Gasteiger partial charge is 0.416 e. The Hall–Kier alpha value is -1.12. The fourth-order valence-electron chi connectivity index (χ4n) is 1.56. The van der Waals surface area contributed by atoms with Gasteiger partial charge in [-0.15, -0.1) is 0 Å². The van der Waals surface area contributed by atoms with E-state index in [0.717, 1.165) is 12.1 Å². The van der Waals surface area contributed by atoms with Crippen molar-refractivity contribution in [3.05, 3.63) is 33.8 Å². The third-order valence-electron chi connectivity index (χ3n) is 2.41. The van der Waals surface area contributed by atoms with Crippen molar-refractivity contribution >= 4 is 21.8 Å². The Kier molecular flexibility index (Phi) is 4.94. The fraction of sp³-hybridized carbons (Fsp3) is 0.364. The molecule has 1 aromatic rings. The van der Waals surface area contributed by atoms with E-state index in [-0.39, 0.29) is 4.47 Å². The van der Waals surface area contributed by atoms with Gasteiger partial charge in [0, 0.05) is 4.47 Å². The van der Waals surface area contributed by atoms with Gasteiger partial charge < -0.3 is 15.9 Å². The minimum atomic E-state index is -4.69. The normalized spacial score (nSPS) is 15.1. The molecule has 0 spiro atoms. The van der Waals surface area contributed by atoms with Crippen LogP contribution in [-0.4, -0.2) is 22.2 Å². The number of amides is 1. The van der Waals surface area contributed by atoms with E-state index in [1.165, 1.54) is 6.07 Å². The molecule has 0 aromatic heterocycles. The molecule has 106 valence electrons. The SMILES string of the molecule is NC(=O)CC(O)C(O)c1ccc(Br)cc1C(F)(F)F. The zero-order chi connectivity index (χ0) is 14.8. The van der Waals surface area contributed by atoms with E-state index in [2.05, 4.69) is 15.9 Å². The van der Waals surface area contributed by atoms with E-state index in [0.29, 0.717) is 0 Å². The van der Waals surface area contributed by atoms with Gasteiger partial charge in [-0.3, -0.25) is 4.79 Å². The second-order valence-electron chi connectivity index (χ2n) is 3.91. The minimum absolute atomic E-state index is 0.181. The second kappa shape index (κ2) is 5.89. The predicted octanol–water partition coefficient (Wildman–Crippen LogP) is 1.74. The highest BCUT2D eigenvalue weighted by molar-refractivity contribution is 9.10. The van der Waals surface area contributed by atoms with Gasteiger partial charge in [0.05, 0.1) is 18.1 Å². The van der Waals surface area contributed by atoms with E-state index in [4.69, 9.17) is 5.73 Å². The molecule has 2 unspecified atom stereocenters. The average Bonchev–Trinajstić information content (AvgIpc) is 2.25. The van der Waals surface area contributed by atoms with Gasteiger partial charge in [0.1, 0.15) is 6.10 Å². The van der Waals surface area contributed by atoms with E-state index in [9.17, 15) is 28.2 Å². The molecule has 1 rings (SSSR count). The summed E-state index contributed by atoms with van der Waals surface area (Å²) in [4.78, 5) is 10.6. The average molecular weight is 342 g/mol. The van der Waals surface area contributed by atoms with Crippen molar-refractivity contribution in [2.45, 2.75) is 24.8 Å². The first-order valence-corrected chi connectivity index (χ1v) is 5.93. The van der Waals surface area contributed by atoms with Gasteiger partial charge in [0.25, 0.3) is 0 Å². The molecular weight excluding hydrogens is 331 g/mol. The molecule has 0 saturated heterocycles. The third-order valence-corrected chi connectivity index (χ3v) is 2.91. The lowest BCUT2D eigenvalue weighted by atomic mass is 9.96. The van der Waals surface area contributed by atoms with Crippen molar-refractivity contribution in [3.63, 3.8) is 0 Å². The fourth-order valence-corrected chi connectivity index (χ4v) is 1.92. The van der Waals surface area contributed by atoms with Crippen molar-refractivity contribution in [3.8, 4) is 0 Å². The number of benzene rings is 1. The highest BCUT2D eigenvalue weighted by Gasteiger charge is 2.36. The molecule has 0 heterocycles. The molecule has 0 fully saturated rings. The monoisotopic (exact) mass is 341 g/mol. The zero-order valence-electron chi connectivity index (χ0n) is 9.49. The molecule has 0 aliphatic rings. The van der Waals surface area contributed by atoms with Gasteiger partial charge in [-0.25, -0.2) is 0 Å². The Morgan fingerprint density at radius 2 is 1.95 bits per heavy atom. The number of primary amides is 1. The van der Waals surface area contributed by atoms with Crippen molar-refractivity contribution < 1.29 is 28.2 Å². The van der Waals surface area contributed by atoms with Gasteiger partial charge in [0.2, 0.25) is 5.91 Å². The Morgan fingerprint density at radius 3 is 2.42 bits per heavy atom. The Labute approximate surface area is 115 Å². The number of hydrogen-bond acceptors (Lipinski definition) is 3. The van der Waals surface area contributed by atoms with Crippen LogP contribution in [0.3, 0.4) is 0 Å². The lowest BCUT2D eigenvalue weighted by Gasteiger charge is -2.21. The van der Waals surface area contributed by atoms with Crippen LogP contribution in [0.25, 0.3) is 0 Å². The van der Waals surface area contributed by atoms with Crippen LogP contribution in [0.1, 0.15) is 23.7 Å². The Bertz CT molecular complexity index is 479. The smallest absolute Gasteiger partial charge is 0.390 e. The maximum absolute atomic E-state index is 12.8. The maximum atomic E-state index is 12.8.